The van der Waals surface area contributed by atoms with Gasteiger partial charge in [0.15, 0.2) is 0 Å². The molecule has 0 bridgehead atoms. The molecule has 0 saturated heterocycles. The fraction of sp³-hybridized carbons (Fsp3) is 0.485. The largest absolute Gasteiger partial charge is 1.00 e. The van der Waals surface area contributed by atoms with Crippen LogP contribution in [0.2, 0.25) is 0 Å². The van der Waals surface area contributed by atoms with E-state index in [-0.39, 0.29) is 53.5 Å². The van der Waals surface area contributed by atoms with Crippen LogP contribution in [0, 0.1) is 17.8 Å². The van der Waals surface area contributed by atoms with Gasteiger partial charge in [-0.05, 0) is 48.6 Å². The first-order chi connectivity index (χ1) is 21.5. The van der Waals surface area contributed by atoms with Crippen molar-refractivity contribution in [2.45, 2.75) is 65.8 Å². The first-order valence-corrected chi connectivity index (χ1v) is 16.2. The molecule has 13 heteroatoms. The molecule has 5 amide bonds. The third-order valence-corrected chi connectivity index (χ3v) is 7.54. The van der Waals surface area contributed by atoms with E-state index in [0.29, 0.717) is 30.8 Å². The van der Waals surface area contributed by atoms with Gasteiger partial charge in [0.25, 0.3) is 11.8 Å². The maximum Gasteiger partial charge on any atom is 1.00 e. The number of hydrogen-bond donors (Lipinski definition) is 4. The second kappa shape index (κ2) is 21.9. The standard InChI is InChI=1S/C29H36N4O7S.C4H10.Na/c1-2-20(23(26(35)32-39)18-33-28(37)21-13-7-8-14-22(21)29(33)38)25(34)31-24(17-19-11-5-3-6-12-19)27(36)30-15-9-4-10-16-41-40;1-4(2)3;/h3,5-8,11-14,20,23-24,39-40H,2,4,9-10,15-18H2,1H3,(H,30,36)(H,31,34)(H,32,35);4H,1-3H3;/q;;+1/p-1/t20?,23?,24-;;/m0../s1. The minimum Gasteiger partial charge on any atom is -0.799 e. The van der Waals surface area contributed by atoms with Gasteiger partial charge in [-0.25, -0.2) is 5.48 Å². The summed E-state index contributed by atoms with van der Waals surface area (Å²) >= 11 is 0.527. The summed E-state index contributed by atoms with van der Waals surface area (Å²) in [5.41, 5.74) is 2.76. The van der Waals surface area contributed by atoms with E-state index in [1.165, 1.54) is 12.1 Å². The van der Waals surface area contributed by atoms with E-state index in [4.69, 9.17) is 0 Å². The SMILES string of the molecule is CC(C)C.CCC(C(=O)N[C@@H](Cc1ccccc1)C(=O)NCCCCCS[O-])C(CN1C(=O)c2ccccc2C1=O)C(=O)NO.[Na+]. The van der Waals surface area contributed by atoms with Crippen LogP contribution in [-0.4, -0.2) is 69.1 Å². The van der Waals surface area contributed by atoms with Crippen LogP contribution in [0.4, 0.5) is 0 Å². The van der Waals surface area contributed by atoms with Crippen molar-refractivity contribution in [3.63, 3.8) is 0 Å². The van der Waals surface area contributed by atoms with Crippen molar-refractivity contribution in [1.82, 2.24) is 21.0 Å². The molecule has 246 valence electrons. The molecule has 3 atom stereocenters. The van der Waals surface area contributed by atoms with E-state index in [9.17, 15) is 33.7 Å². The molecule has 0 saturated carbocycles. The molecule has 46 heavy (non-hydrogen) atoms. The van der Waals surface area contributed by atoms with Crippen molar-refractivity contribution < 1.29 is 63.3 Å². The fourth-order valence-corrected chi connectivity index (χ4v) is 5.19. The van der Waals surface area contributed by atoms with E-state index in [1.54, 1.807) is 24.5 Å². The van der Waals surface area contributed by atoms with Gasteiger partial charge in [-0.15, -0.1) is 0 Å². The normalized spacial score (nSPS) is 13.8. The molecule has 2 aromatic rings. The van der Waals surface area contributed by atoms with Crippen LogP contribution in [0.15, 0.2) is 54.6 Å². The van der Waals surface area contributed by atoms with Crippen LogP contribution < -0.4 is 45.7 Å². The number of unbranched alkanes of at least 4 members (excludes halogenated alkanes) is 2. The molecular formula is C33H45N4NaO7S. The first kappa shape index (κ1) is 41.3. The number of benzene rings is 2. The molecule has 0 aromatic heterocycles. The van der Waals surface area contributed by atoms with E-state index in [0.717, 1.165) is 29.2 Å². The zero-order chi connectivity index (χ0) is 33.4. The molecule has 0 spiro atoms. The Morgan fingerprint density at radius 2 is 1.41 bits per heavy atom. The molecule has 2 aromatic carbocycles. The van der Waals surface area contributed by atoms with Crippen LogP contribution in [0.1, 0.15) is 79.7 Å². The molecular weight excluding hydrogens is 619 g/mol. The summed E-state index contributed by atoms with van der Waals surface area (Å²) in [6.45, 7) is 8.11. The molecule has 0 fully saturated rings. The van der Waals surface area contributed by atoms with Crippen LogP contribution >= 0.6 is 12.0 Å². The fourth-order valence-electron chi connectivity index (χ4n) is 4.87. The average Bonchev–Trinajstić information content (AvgIpc) is 3.26. The topological polar surface area (TPSA) is 168 Å². The van der Waals surface area contributed by atoms with Gasteiger partial charge in [-0.1, -0.05) is 76.6 Å². The van der Waals surface area contributed by atoms with Crippen molar-refractivity contribution in [2.75, 3.05) is 18.8 Å². The van der Waals surface area contributed by atoms with Crippen LogP contribution in [0.5, 0.6) is 0 Å². The predicted octanol–water partition coefficient (Wildman–Crippen LogP) is 0.974. The number of hydroxylamine groups is 1. The Hall–Kier alpha value is -2.74. The van der Waals surface area contributed by atoms with Crippen molar-refractivity contribution in [3.8, 4) is 0 Å². The number of carbonyl (C=O) groups is 5. The van der Waals surface area contributed by atoms with Crippen LogP contribution in [0.3, 0.4) is 0 Å². The smallest absolute Gasteiger partial charge is 0.799 e. The molecule has 3 rings (SSSR count). The van der Waals surface area contributed by atoms with Crippen molar-refractivity contribution in [1.29, 1.82) is 0 Å². The van der Waals surface area contributed by atoms with E-state index >= 15 is 0 Å². The van der Waals surface area contributed by atoms with Crippen LogP contribution in [-0.2, 0) is 20.8 Å². The van der Waals surface area contributed by atoms with E-state index < -0.39 is 54.0 Å². The predicted molar refractivity (Wildman–Crippen MR) is 172 cm³/mol. The molecule has 4 N–H and O–H groups in total. The Kier molecular flexibility index (Phi) is 19.7. The second-order valence-corrected chi connectivity index (χ2v) is 12.2. The summed E-state index contributed by atoms with van der Waals surface area (Å²) in [4.78, 5) is 66.2. The Labute approximate surface area is 298 Å². The number of fused-ring (bicyclic) bond motifs is 1. The van der Waals surface area contributed by atoms with Gasteiger partial charge in [0.1, 0.15) is 6.04 Å². The molecule has 1 aliphatic rings. The minimum absolute atomic E-state index is 0. The summed E-state index contributed by atoms with van der Waals surface area (Å²) in [6, 6.07) is 14.4. The quantitative estimate of drug-likeness (QED) is 0.0515. The zero-order valence-electron chi connectivity index (χ0n) is 27.4. The van der Waals surface area contributed by atoms with E-state index in [2.05, 4.69) is 31.4 Å². The summed E-state index contributed by atoms with van der Waals surface area (Å²) in [7, 11) is 0. The molecule has 0 radical (unpaired) electrons. The monoisotopic (exact) mass is 664 g/mol. The number of nitrogens with zero attached hydrogens (tertiary/aromatic N) is 1. The van der Waals surface area contributed by atoms with Crippen LogP contribution in [0.25, 0.3) is 0 Å². The van der Waals surface area contributed by atoms with E-state index in [1.807, 2.05) is 30.3 Å². The Morgan fingerprint density at radius 3 is 1.93 bits per heavy atom. The molecule has 11 nitrogen and oxygen atoms in total. The number of imide groups is 1. The number of hydrogen-bond acceptors (Lipinski definition) is 8. The summed E-state index contributed by atoms with van der Waals surface area (Å²) < 4.78 is 10.5. The van der Waals surface area contributed by atoms with Gasteiger partial charge in [-0.2, -0.15) is 0 Å². The van der Waals surface area contributed by atoms with Gasteiger partial charge in [-0.3, -0.25) is 46.1 Å². The van der Waals surface area contributed by atoms with Gasteiger partial charge in [0.05, 0.1) is 23.0 Å². The van der Waals surface area contributed by atoms with Crippen molar-refractivity contribution in [3.05, 3.63) is 71.3 Å². The number of nitrogens with one attached hydrogen (secondary N) is 3. The van der Waals surface area contributed by atoms with Crippen molar-refractivity contribution >= 4 is 41.6 Å². The van der Waals surface area contributed by atoms with Gasteiger partial charge >= 0.3 is 29.6 Å². The van der Waals surface area contributed by atoms with Gasteiger partial charge < -0.3 is 15.2 Å². The first-order valence-electron chi connectivity index (χ1n) is 15.3. The third-order valence-electron chi connectivity index (χ3n) is 7.09. The molecule has 1 aliphatic heterocycles. The Balaban J connectivity index is 0.00000199. The second-order valence-electron chi connectivity index (χ2n) is 11.5. The minimum atomic E-state index is -1.27. The summed E-state index contributed by atoms with van der Waals surface area (Å²) in [5, 5.41) is 15.0. The summed E-state index contributed by atoms with van der Waals surface area (Å²) in [5.74, 6) is -4.14. The molecule has 0 aliphatic carbocycles. The molecule has 2 unspecified atom stereocenters. The number of carbonyl (C=O) groups excluding carboxylic acids is 5. The average molecular weight is 665 g/mol. The number of amides is 5. The Bertz CT molecular complexity index is 1240. The zero-order valence-corrected chi connectivity index (χ0v) is 30.2. The maximum absolute atomic E-state index is 13.6. The third kappa shape index (κ3) is 12.8. The van der Waals surface area contributed by atoms with Crippen molar-refractivity contribution in [2.24, 2.45) is 17.8 Å². The maximum atomic E-state index is 13.6. The number of rotatable bonds is 16. The molecule has 1 heterocycles. The van der Waals surface area contributed by atoms with Gasteiger partial charge in [0.2, 0.25) is 17.7 Å². The van der Waals surface area contributed by atoms with Gasteiger partial charge in [0, 0.05) is 19.5 Å². The Morgan fingerprint density at radius 1 is 0.848 bits per heavy atom. The summed E-state index contributed by atoms with van der Waals surface area (Å²) in [6.07, 6.45) is 2.52.